The summed E-state index contributed by atoms with van der Waals surface area (Å²) >= 11 is 0. The SMILES string of the molecule is CCCC=CC(=O)[O-].[Li+]. The van der Waals surface area contributed by atoms with Crippen LogP contribution in [-0.4, -0.2) is 5.97 Å². The van der Waals surface area contributed by atoms with Gasteiger partial charge in [0, 0.05) is 0 Å². The van der Waals surface area contributed by atoms with Crippen molar-refractivity contribution in [3.8, 4) is 0 Å². The standard InChI is InChI=1S/C6H10O2.Li/c1-2-3-4-5-6(7)8;/h4-5H,2-3H2,1H3,(H,7,8);/q;+1/p-1. The number of allylic oxidation sites excluding steroid dienone is 1. The summed E-state index contributed by atoms with van der Waals surface area (Å²) in [6.07, 6.45) is 4.44. The summed E-state index contributed by atoms with van der Waals surface area (Å²) in [5.74, 6) is -1.11. The van der Waals surface area contributed by atoms with Crippen LogP contribution in [-0.2, 0) is 4.79 Å². The van der Waals surface area contributed by atoms with Gasteiger partial charge >= 0.3 is 18.9 Å². The first-order valence-electron chi connectivity index (χ1n) is 2.65. The van der Waals surface area contributed by atoms with Crippen molar-refractivity contribution in [2.45, 2.75) is 19.8 Å². The van der Waals surface area contributed by atoms with Gasteiger partial charge in [-0.3, -0.25) is 0 Å². The molecule has 0 unspecified atom stereocenters. The third kappa shape index (κ3) is 11.4. The fourth-order valence-corrected chi connectivity index (χ4v) is 0.346. The molecule has 0 aromatic carbocycles. The van der Waals surface area contributed by atoms with E-state index < -0.39 is 5.97 Å². The smallest absolute Gasteiger partial charge is 0.545 e. The van der Waals surface area contributed by atoms with Gasteiger partial charge in [0.15, 0.2) is 0 Å². The van der Waals surface area contributed by atoms with Crippen LogP contribution in [0.4, 0.5) is 0 Å². The summed E-state index contributed by atoms with van der Waals surface area (Å²) in [4.78, 5) is 9.68. The number of unbranched alkanes of at least 4 members (excludes halogenated alkanes) is 1. The Hall–Kier alpha value is -0.193. The van der Waals surface area contributed by atoms with Crippen molar-refractivity contribution < 1.29 is 28.8 Å². The van der Waals surface area contributed by atoms with Crippen molar-refractivity contribution in [2.24, 2.45) is 0 Å². The van der Waals surface area contributed by atoms with Gasteiger partial charge in [-0.1, -0.05) is 19.4 Å². The second-order valence-corrected chi connectivity index (χ2v) is 1.51. The van der Waals surface area contributed by atoms with E-state index in [-0.39, 0.29) is 18.9 Å². The molecule has 0 aliphatic rings. The van der Waals surface area contributed by atoms with Crippen LogP contribution in [0.15, 0.2) is 12.2 Å². The zero-order valence-electron chi connectivity index (χ0n) is 5.89. The molecule has 2 nitrogen and oxygen atoms in total. The van der Waals surface area contributed by atoms with Crippen LogP contribution in [0.1, 0.15) is 19.8 Å². The molecule has 0 radical (unpaired) electrons. The van der Waals surface area contributed by atoms with Crippen molar-refractivity contribution in [2.75, 3.05) is 0 Å². The summed E-state index contributed by atoms with van der Waals surface area (Å²) in [5, 5.41) is 9.68. The van der Waals surface area contributed by atoms with Crippen molar-refractivity contribution >= 4 is 5.97 Å². The van der Waals surface area contributed by atoms with Gasteiger partial charge in [0.05, 0.1) is 5.97 Å². The molecule has 0 aliphatic heterocycles. The third-order valence-electron chi connectivity index (χ3n) is 0.709. The van der Waals surface area contributed by atoms with Gasteiger partial charge in [-0.25, -0.2) is 0 Å². The number of hydrogen-bond donors (Lipinski definition) is 0. The summed E-state index contributed by atoms with van der Waals surface area (Å²) in [6, 6.07) is 0. The van der Waals surface area contributed by atoms with Gasteiger partial charge in [-0.15, -0.1) is 0 Å². The molecule has 0 fully saturated rings. The molecule has 0 aromatic heterocycles. The number of rotatable bonds is 3. The molecule has 0 heterocycles. The Kier molecular flexibility index (Phi) is 10.0. The number of carbonyl (C=O) groups is 1. The molecule has 0 rings (SSSR count). The van der Waals surface area contributed by atoms with Crippen molar-refractivity contribution in [1.29, 1.82) is 0 Å². The summed E-state index contributed by atoms with van der Waals surface area (Å²) in [7, 11) is 0. The first-order chi connectivity index (χ1) is 3.77. The fourth-order valence-electron chi connectivity index (χ4n) is 0.346. The zero-order chi connectivity index (χ0) is 6.41. The van der Waals surface area contributed by atoms with Gasteiger partial charge < -0.3 is 9.90 Å². The molecule has 0 spiro atoms. The van der Waals surface area contributed by atoms with Gasteiger partial charge in [0.25, 0.3) is 0 Å². The third-order valence-corrected chi connectivity index (χ3v) is 0.709. The Morgan fingerprint density at radius 2 is 2.22 bits per heavy atom. The largest absolute Gasteiger partial charge is 1.00 e. The summed E-state index contributed by atoms with van der Waals surface area (Å²) < 4.78 is 0. The first-order valence-corrected chi connectivity index (χ1v) is 2.65. The Morgan fingerprint density at radius 1 is 1.67 bits per heavy atom. The Morgan fingerprint density at radius 3 is 2.56 bits per heavy atom. The second-order valence-electron chi connectivity index (χ2n) is 1.51. The van der Waals surface area contributed by atoms with Crippen molar-refractivity contribution in [3.63, 3.8) is 0 Å². The maximum atomic E-state index is 9.68. The quantitative estimate of drug-likeness (QED) is 0.296. The van der Waals surface area contributed by atoms with Crippen molar-refractivity contribution in [1.82, 2.24) is 0 Å². The summed E-state index contributed by atoms with van der Waals surface area (Å²) in [6.45, 7) is 1.99. The zero-order valence-corrected chi connectivity index (χ0v) is 5.89. The van der Waals surface area contributed by atoms with Gasteiger partial charge in [-0.05, 0) is 12.5 Å². The maximum absolute atomic E-state index is 9.68. The van der Waals surface area contributed by atoms with Gasteiger partial charge in [0.2, 0.25) is 0 Å². The molecule has 0 saturated heterocycles. The minimum atomic E-state index is -1.11. The van der Waals surface area contributed by atoms with Crippen LogP contribution in [0.5, 0.6) is 0 Å². The molecular weight excluding hydrogens is 111 g/mol. The van der Waals surface area contributed by atoms with E-state index in [0.717, 1.165) is 18.9 Å². The van der Waals surface area contributed by atoms with Crippen LogP contribution in [0, 0.1) is 0 Å². The van der Waals surface area contributed by atoms with E-state index in [9.17, 15) is 9.90 Å². The number of hydrogen-bond acceptors (Lipinski definition) is 2. The van der Waals surface area contributed by atoms with E-state index in [1.54, 1.807) is 6.08 Å². The average molecular weight is 120 g/mol. The van der Waals surface area contributed by atoms with Crippen LogP contribution in [0.25, 0.3) is 0 Å². The number of carbonyl (C=O) groups excluding carboxylic acids is 1. The molecule has 0 atom stereocenters. The van der Waals surface area contributed by atoms with Gasteiger partial charge in [0.1, 0.15) is 0 Å². The van der Waals surface area contributed by atoms with Crippen LogP contribution in [0.2, 0.25) is 0 Å². The van der Waals surface area contributed by atoms with Crippen LogP contribution in [0.3, 0.4) is 0 Å². The first kappa shape index (κ1) is 11.6. The predicted molar refractivity (Wildman–Crippen MR) is 29.1 cm³/mol. The van der Waals surface area contributed by atoms with E-state index in [4.69, 9.17) is 0 Å². The van der Waals surface area contributed by atoms with Crippen LogP contribution < -0.4 is 24.0 Å². The minimum Gasteiger partial charge on any atom is -0.545 e. The van der Waals surface area contributed by atoms with E-state index in [1.165, 1.54) is 0 Å². The average Bonchev–Trinajstić information content (AvgIpc) is 1.66. The molecule has 0 N–H and O–H groups in total. The Labute approximate surface area is 67.1 Å². The molecule has 9 heavy (non-hydrogen) atoms. The maximum Gasteiger partial charge on any atom is 1.00 e. The predicted octanol–water partition coefficient (Wildman–Crippen LogP) is -2.90. The second kappa shape index (κ2) is 7.81. The molecule has 0 bridgehead atoms. The molecular formula is C6H9LiO2. The molecule has 0 amide bonds. The molecule has 0 aromatic rings. The molecule has 46 valence electrons. The fraction of sp³-hybridized carbons (Fsp3) is 0.500. The topological polar surface area (TPSA) is 40.1 Å². The van der Waals surface area contributed by atoms with E-state index >= 15 is 0 Å². The number of carboxylic acids is 1. The van der Waals surface area contributed by atoms with E-state index in [2.05, 4.69) is 0 Å². The van der Waals surface area contributed by atoms with Crippen molar-refractivity contribution in [3.05, 3.63) is 12.2 Å². The Bertz CT molecular complexity index is 99.2. The van der Waals surface area contributed by atoms with E-state index in [0.29, 0.717) is 0 Å². The molecule has 3 heteroatoms. The van der Waals surface area contributed by atoms with Gasteiger partial charge in [-0.2, -0.15) is 0 Å². The number of aliphatic carboxylic acids is 1. The molecule has 0 aliphatic carbocycles. The monoisotopic (exact) mass is 120 g/mol. The minimum absolute atomic E-state index is 0. The number of carboxylic acid groups (broad SMARTS) is 1. The Balaban J connectivity index is 0. The normalized spacial score (nSPS) is 9.00. The van der Waals surface area contributed by atoms with E-state index in [1.807, 2.05) is 6.92 Å². The molecule has 0 saturated carbocycles. The summed E-state index contributed by atoms with van der Waals surface area (Å²) in [5.41, 5.74) is 0. The van der Waals surface area contributed by atoms with Crippen LogP contribution >= 0.6 is 0 Å².